The van der Waals surface area contributed by atoms with Crippen molar-refractivity contribution in [3.63, 3.8) is 0 Å². The average Bonchev–Trinajstić information content (AvgIpc) is 3.64. The van der Waals surface area contributed by atoms with Crippen LogP contribution in [0.25, 0.3) is 82.4 Å². The predicted octanol–water partition coefficient (Wildman–Crippen LogP) is 18.3. The van der Waals surface area contributed by atoms with Gasteiger partial charge in [0.25, 0.3) is 0 Å². The third-order valence-electron chi connectivity index (χ3n) is 14.9. The Morgan fingerprint density at radius 3 is 1.69 bits per heavy atom. The Balaban J connectivity index is 1.13. The molecule has 0 saturated heterocycles. The molecule has 0 bridgehead atoms. The number of rotatable bonds is 7. The van der Waals surface area contributed by atoms with Crippen LogP contribution in [0.5, 0.6) is 0 Å². The van der Waals surface area contributed by atoms with Gasteiger partial charge in [0.1, 0.15) is 0 Å². The summed E-state index contributed by atoms with van der Waals surface area (Å²) in [5, 5.41) is 7.49. The zero-order chi connectivity index (χ0) is 45.3. The quantitative estimate of drug-likeness (QED) is 0.144. The Hall–Kier alpha value is -8.26. The van der Waals surface area contributed by atoms with Crippen molar-refractivity contribution < 1.29 is 0 Å². The lowest BCUT2D eigenvalue weighted by Gasteiger charge is -2.31. The fourth-order valence-electron chi connectivity index (χ4n) is 11.8. The van der Waals surface area contributed by atoms with Crippen LogP contribution in [0.2, 0.25) is 0 Å². The van der Waals surface area contributed by atoms with Gasteiger partial charge in [0.05, 0.1) is 5.69 Å². The molecule has 13 rings (SSSR count). The summed E-state index contributed by atoms with van der Waals surface area (Å²) in [6.07, 6.45) is 4.53. The molecule has 0 fully saturated rings. The molecule has 0 atom stereocenters. The largest absolute Gasteiger partial charge is 0.310 e. The third kappa shape index (κ3) is 6.30. The molecule has 0 spiro atoms. The van der Waals surface area contributed by atoms with Gasteiger partial charge in [0.2, 0.25) is 0 Å². The van der Waals surface area contributed by atoms with Gasteiger partial charge in [-0.1, -0.05) is 214 Å². The summed E-state index contributed by atoms with van der Waals surface area (Å²) in [4.78, 5) is 2.54. The van der Waals surface area contributed by atoms with E-state index >= 15 is 0 Å². The highest BCUT2D eigenvalue weighted by atomic mass is 15.1. The van der Waals surface area contributed by atoms with E-state index in [9.17, 15) is 0 Å². The highest BCUT2D eigenvalue weighted by molar-refractivity contribution is 6.33. The monoisotopic (exact) mass is 867 g/mol. The van der Waals surface area contributed by atoms with E-state index in [4.69, 9.17) is 0 Å². The number of aryl methyl sites for hydroxylation is 1. The second-order valence-electron chi connectivity index (χ2n) is 19.0. The van der Waals surface area contributed by atoms with Gasteiger partial charge >= 0.3 is 0 Å². The van der Waals surface area contributed by atoms with Gasteiger partial charge in [0, 0.05) is 22.4 Å². The predicted molar refractivity (Wildman–Crippen MR) is 289 cm³/mol. The van der Waals surface area contributed by atoms with Crippen LogP contribution in [0.3, 0.4) is 0 Å². The van der Waals surface area contributed by atoms with E-state index in [0.717, 1.165) is 29.9 Å². The molecule has 11 aromatic rings. The van der Waals surface area contributed by atoms with Gasteiger partial charge in [0.15, 0.2) is 0 Å². The molecule has 0 amide bonds. The molecule has 0 N–H and O–H groups in total. The Morgan fingerprint density at radius 2 is 0.926 bits per heavy atom. The zero-order valence-electron chi connectivity index (χ0n) is 38.4. The van der Waals surface area contributed by atoms with E-state index in [1.807, 2.05) is 0 Å². The fraction of sp³-hybridized carbons (Fsp3) is 0.0746. The van der Waals surface area contributed by atoms with E-state index in [1.54, 1.807) is 0 Å². The normalized spacial score (nSPS) is 13.5. The first-order chi connectivity index (χ1) is 33.5. The molecule has 0 saturated carbocycles. The minimum absolute atomic E-state index is 0.156. The first-order valence-corrected chi connectivity index (χ1v) is 24.1. The topological polar surface area (TPSA) is 3.24 Å². The lowest BCUT2D eigenvalue weighted by Crippen LogP contribution is -2.17. The number of nitrogens with zero attached hydrogens (tertiary/aromatic N) is 1. The number of benzene rings is 11. The highest BCUT2D eigenvalue weighted by Crippen LogP contribution is 2.53. The van der Waals surface area contributed by atoms with Crippen LogP contribution in [0.15, 0.2) is 237 Å². The van der Waals surface area contributed by atoms with Crippen molar-refractivity contribution in [1.29, 1.82) is 0 Å². The van der Waals surface area contributed by atoms with E-state index in [1.165, 1.54) is 110 Å². The summed E-state index contributed by atoms with van der Waals surface area (Å²) in [6.45, 7) is 4.77. The molecular weight excluding hydrogens is 819 g/mol. The maximum absolute atomic E-state index is 2.54. The maximum atomic E-state index is 2.54. The van der Waals surface area contributed by atoms with Gasteiger partial charge in [-0.25, -0.2) is 0 Å². The molecule has 0 aliphatic heterocycles. The van der Waals surface area contributed by atoms with Crippen LogP contribution in [-0.4, -0.2) is 0 Å². The van der Waals surface area contributed by atoms with Crippen molar-refractivity contribution in [2.75, 3.05) is 4.90 Å². The van der Waals surface area contributed by atoms with E-state index in [2.05, 4.69) is 255 Å². The Kier molecular flexibility index (Phi) is 9.41. The molecule has 1 heteroatoms. The lowest BCUT2D eigenvalue weighted by molar-refractivity contribution is 0.660. The second-order valence-corrected chi connectivity index (χ2v) is 19.0. The number of hydrogen-bond donors (Lipinski definition) is 0. The maximum Gasteiger partial charge on any atom is 0.0540 e. The molecule has 11 aromatic carbocycles. The molecule has 1 nitrogen and oxygen atoms in total. The van der Waals surface area contributed by atoms with Crippen molar-refractivity contribution in [3.05, 3.63) is 264 Å². The zero-order valence-corrected chi connectivity index (χ0v) is 38.4. The minimum Gasteiger partial charge on any atom is -0.310 e. The molecule has 0 radical (unpaired) electrons. The molecule has 68 heavy (non-hydrogen) atoms. The van der Waals surface area contributed by atoms with Crippen molar-refractivity contribution in [2.24, 2.45) is 0 Å². The van der Waals surface area contributed by atoms with E-state index in [0.29, 0.717) is 0 Å². The van der Waals surface area contributed by atoms with Crippen LogP contribution < -0.4 is 4.90 Å². The fourth-order valence-corrected chi connectivity index (χ4v) is 11.8. The van der Waals surface area contributed by atoms with Crippen molar-refractivity contribution in [1.82, 2.24) is 0 Å². The summed E-state index contributed by atoms with van der Waals surface area (Å²) < 4.78 is 0. The highest BCUT2D eigenvalue weighted by Gasteiger charge is 2.36. The SMILES string of the molecule is CC1(C)c2ccccc2-c2ccc(N(c3ccc4c(c3)c3ccccc3c3c(-c5ccccc5)cc(-c5ccccc5)c(-c5ccccc5)c43)c3ccccc3C3=CCCc4ccccc43)cc21. The minimum atomic E-state index is -0.156. The molecular formula is C67H49N. The number of anilines is 3. The first kappa shape index (κ1) is 40.1. The van der Waals surface area contributed by atoms with Crippen LogP contribution in [0.1, 0.15) is 48.1 Å². The average molecular weight is 868 g/mol. The second kappa shape index (κ2) is 16.0. The first-order valence-electron chi connectivity index (χ1n) is 24.1. The number of fused-ring (bicyclic) bond motifs is 10. The summed E-state index contributed by atoms with van der Waals surface area (Å²) in [7, 11) is 0. The van der Waals surface area contributed by atoms with Gasteiger partial charge in [-0.05, 0) is 154 Å². The van der Waals surface area contributed by atoms with Crippen LogP contribution in [-0.2, 0) is 11.8 Å². The lowest BCUT2D eigenvalue weighted by atomic mass is 9.81. The molecule has 322 valence electrons. The summed E-state index contributed by atoms with van der Waals surface area (Å²) in [5.74, 6) is 0. The molecule has 0 unspecified atom stereocenters. The van der Waals surface area contributed by atoms with Crippen LogP contribution in [0.4, 0.5) is 17.1 Å². The van der Waals surface area contributed by atoms with Crippen LogP contribution in [0, 0.1) is 0 Å². The molecule has 0 heterocycles. The summed E-state index contributed by atoms with van der Waals surface area (Å²) in [6, 6.07) is 86.0. The Labute approximate surface area is 398 Å². The number of allylic oxidation sites excluding steroid dienone is 1. The smallest absolute Gasteiger partial charge is 0.0540 e. The van der Waals surface area contributed by atoms with Crippen molar-refractivity contribution in [2.45, 2.75) is 32.1 Å². The summed E-state index contributed by atoms with van der Waals surface area (Å²) >= 11 is 0. The van der Waals surface area contributed by atoms with E-state index in [-0.39, 0.29) is 5.41 Å². The number of hydrogen-bond acceptors (Lipinski definition) is 1. The molecule has 0 aromatic heterocycles. The third-order valence-corrected chi connectivity index (χ3v) is 14.9. The Morgan fingerprint density at radius 1 is 0.368 bits per heavy atom. The van der Waals surface area contributed by atoms with Gasteiger partial charge in [-0.15, -0.1) is 0 Å². The molecule has 2 aliphatic rings. The number of para-hydroxylation sites is 1. The van der Waals surface area contributed by atoms with Gasteiger partial charge in [-0.2, -0.15) is 0 Å². The molecule has 2 aliphatic carbocycles. The standard InChI is InChI=1S/C67H49N/c1-67(2)61-35-18-16-31-53(61)54-39-37-49(42-62(54)67)68(63-36-19-17-32-55(63)51-34-20-28-44-25-12-13-29-50(44)51)48-38-40-57-60(41-48)52-30-14-15-33-56(52)65-59(46-23-8-4-9-24-46)43-58(45-21-6-3-7-22-45)64(66(57)65)47-26-10-5-11-27-47/h3-19,21-27,29-43H,20,28H2,1-2H3. The van der Waals surface area contributed by atoms with Crippen LogP contribution >= 0.6 is 0 Å². The van der Waals surface area contributed by atoms with Gasteiger partial charge in [-0.3, -0.25) is 0 Å². The Bertz CT molecular complexity index is 3800. The van der Waals surface area contributed by atoms with E-state index < -0.39 is 0 Å². The summed E-state index contributed by atoms with van der Waals surface area (Å²) in [5.41, 5.74) is 21.2. The van der Waals surface area contributed by atoms with Crippen molar-refractivity contribution in [3.8, 4) is 44.5 Å². The van der Waals surface area contributed by atoms with Crippen molar-refractivity contribution >= 4 is 55.0 Å². The van der Waals surface area contributed by atoms with Gasteiger partial charge < -0.3 is 4.90 Å².